The summed E-state index contributed by atoms with van der Waals surface area (Å²) in [5.74, 6) is -1.19. The minimum atomic E-state index is -0.952. The summed E-state index contributed by atoms with van der Waals surface area (Å²) in [6, 6.07) is 19.2. The number of guanidine groups is 1. The van der Waals surface area contributed by atoms with E-state index in [-0.39, 0.29) is 25.5 Å². The van der Waals surface area contributed by atoms with Gasteiger partial charge in [-0.15, -0.1) is 0 Å². The minimum Gasteiger partial charge on any atom is -0.496 e. The van der Waals surface area contributed by atoms with Crippen molar-refractivity contribution in [1.82, 2.24) is 16.0 Å². The summed E-state index contributed by atoms with van der Waals surface area (Å²) in [4.78, 5) is 53.7. The first-order valence-corrected chi connectivity index (χ1v) is 13.2. The number of rotatable bonds is 14. The van der Waals surface area contributed by atoms with Crippen LogP contribution in [0.2, 0.25) is 0 Å². The van der Waals surface area contributed by atoms with Gasteiger partial charge in [0, 0.05) is 23.7 Å². The molecule has 1 atom stereocenters. The number of anilines is 1. The quantitative estimate of drug-likeness (QED) is 0.0937. The van der Waals surface area contributed by atoms with Gasteiger partial charge in [-0.05, 0) is 29.9 Å². The molecule has 0 aliphatic carbocycles. The lowest BCUT2D eigenvalue weighted by molar-refractivity contribution is -0.128. The second kappa shape index (κ2) is 16.1. The van der Waals surface area contributed by atoms with Crippen LogP contribution in [0.1, 0.15) is 18.4 Å². The third-order valence-corrected chi connectivity index (χ3v) is 5.96. The van der Waals surface area contributed by atoms with Crippen LogP contribution in [-0.4, -0.2) is 62.6 Å². The highest BCUT2D eigenvalue weighted by Crippen LogP contribution is 2.29. The van der Waals surface area contributed by atoms with Crippen LogP contribution in [0, 0.1) is 0 Å². The predicted octanol–water partition coefficient (Wildman–Crippen LogP) is 1.37. The van der Waals surface area contributed by atoms with Crippen LogP contribution in [0.3, 0.4) is 0 Å². The third-order valence-electron chi connectivity index (χ3n) is 5.96. The highest BCUT2D eigenvalue weighted by Gasteiger charge is 2.21. The molecule has 0 heterocycles. The molecule has 3 aromatic carbocycles. The molecule has 0 saturated heterocycles. The van der Waals surface area contributed by atoms with Crippen molar-refractivity contribution in [2.45, 2.75) is 25.5 Å². The highest BCUT2D eigenvalue weighted by atomic mass is 16.5. The van der Waals surface area contributed by atoms with Gasteiger partial charge >= 0.3 is 6.09 Å². The monoisotopic (exact) mass is 577 g/mol. The standard InChI is InChI=1S/C29H35N7O6/c1-41-24-15-21(14-20-10-5-6-11-22(20)24)35-27(39)23(12-7-13-32-28(30)31)36-26(38)17-33-25(37)16-34-29(40)42-18-19-8-3-2-4-9-19/h2-6,8-11,14-15,23H,7,12-13,16-18H2,1H3,(H,33,37)(H,34,40)(H,35,39)(H,36,38)(H4,30,31,32)/t23-/m0/s1. The van der Waals surface area contributed by atoms with Crippen molar-refractivity contribution in [2.75, 3.05) is 32.1 Å². The molecule has 0 fully saturated rings. The first kappa shape index (κ1) is 31.2. The summed E-state index contributed by atoms with van der Waals surface area (Å²) in [7, 11) is 1.54. The average Bonchev–Trinajstić information content (AvgIpc) is 2.99. The maximum Gasteiger partial charge on any atom is 0.407 e. The number of carbonyl (C=O) groups is 4. The van der Waals surface area contributed by atoms with Crippen molar-refractivity contribution in [2.24, 2.45) is 16.5 Å². The molecule has 0 radical (unpaired) electrons. The molecule has 222 valence electrons. The van der Waals surface area contributed by atoms with Gasteiger partial charge in [-0.1, -0.05) is 54.6 Å². The Kier molecular flexibility index (Phi) is 11.9. The van der Waals surface area contributed by atoms with E-state index in [1.54, 1.807) is 24.3 Å². The van der Waals surface area contributed by atoms with Gasteiger partial charge in [-0.3, -0.25) is 19.4 Å². The van der Waals surface area contributed by atoms with Crippen molar-refractivity contribution < 1.29 is 28.7 Å². The van der Waals surface area contributed by atoms with E-state index in [0.717, 1.165) is 16.3 Å². The number of ether oxygens (including phenoxy) is 2. The molecule has 0 aliphatic rings. The van der Waals surface area contributed by atoms with Crippen LogP contribution in [0.25, 0.3) is 10.8 Å². The molecule has 3 aromatic rings. The van der Waals surface area contributed by atoms with Gasteiger partial charge in [0.25, 0.3) is 0 Å². The fourth-order valence-electron chi connectivity index (χ4n) is 3.93. The lowest BCUT2D eigenvalue weighted by Crippen LogP contribution is -2.48. The number of carbonyl (C=O) groups excluding carboxylic acids is 4. The lowest BCUT2D eigenvalue weighted by atomic mass is 10.1. The summed E-state index contributed by atoms with van der Waals surface area (Å²) in [6.07, 6.45) is -0.151. The number of alkyl carbamates (subject to hydrolysis) is 1. The number of nitrogens with two attached hydrogens (primary N) is 2. The SMILES string of the molecule is COc1cc(NC(=O)[C@H](CCCN=C(N)N)NC(=O)CNC(=O)CNC(=O)OCc2ccccc2)cc2ccccc12. The molecule has 0 bridgehead atoms. The number of fused-ring (bicyclic) bond motifs is 1. The fraction of sp³-hybridized carbons (Fsp3) is 0.276. The number of aliphatic imine (C=N–C) groups is 1. The number of methoxy groups -OCH3 is 1. The van der Waals surface area contributed by atoms with Gasteiger partial charge in [0.15, 0.2) is 5.96 Å². The molecule has 13 heteroatoms. The van der Waals surface area contributed by atoms with Crippen LogP contribution < -0.4 is 37.5 Å². The molecular weight excluding hydrogens is 542 g/mol. The molecule has 0 spiro atoms. The molecule has 0 unspecified atom stereocenters. The zero-order chi connectivity index (χ0) is 30.3. The van der Waals surface area contributed by atoms with Crippen molar-refractivity contribution in [1.29, 1.82) is 0 Å². The molecule has 0 saturated carbocycles. The summed E-state index contributed by atoms with van der Waals surface area (Å²) >= 11 is 0. The number of nitrogens with zero attached hydrogens (tertiary/aromatic N) is 1. The Hall–Kier alpha value is -5.33. The van der Waals surface area contributed by atoms with E-state index in [9.17, 15) is 19.2 Å². The Balaban J connectivity index is 1.53. The van der Waals surface area contributed by atoms with Gasteiger partial charge in [0.1, 0.15) is 24.9 Å². The van der Waals surface area contributed by atoms with Crippen LogP contribution >= 0.6 is 0 Å². The second-order valence-electron chi connectivity index (χ2n) is 9.15. The lowest BCUT2D eigenvalue weighted by Gasteiger charge is -2.19. The smallest absolute Gasteiger partial charge is 0.407 e. The first-order chi connectivity index (χ1) is 20.2. The van der Waals surface area contributed by atoms with E-state index < -0.39 is 42.9 Å². The first-order valence-electron chi connectivity index (χ1n) is 13.2. The van der Waals surface area contributed by atoms with Crippen molar-refractivity contribution in [3.05, 3.63) is 72.3 Å². The third kappa shape index (κ3) is 10.3. The molecule has 0 aliphatic heterocycles. The molecule has 3 rings (SSSR count). The van der Waals surface area contributed by atoms with Crippen molar-refractivity contribution >= 4 is 46.2 Å². The summed E-state index contributed by atoms with van der Waals surface area (Å²) in [5.41, 5.74) is 12.0. The van der Waals surface area contributed by atoms with E-state index in [1.165, 1.54) is 7.11 Å². The average molecular weight is 578 g/mol. The van der Waals surface area contributed by atoms with Crippen molar-refractivity contribution in [3.63, 3.8) is 0 Å². The Morgan fingerprint density at radius 3 is 2.36 bits per heavy atom. The fourth-order valence-corrected chi connectivity index (χ4v) is 3.93. The molecular formula is C29H35N7O6. The van der Waals surface area contributed by atoms with E-state index in [4.69, 9.17) is 20.9 Å². The maximum atomic E-state index is 13.2. The Morgan fingerprint density at radius 2 is 1.62 bits per heavy atom. The molecule has 0 aromatic heterocycles. The topological polar surface area (TPSA) is 199 Å². The van der Waals surface area contributed by atoms with Crippen LogP contribution in [-0.2, 0) is 25.7 Å². The predicted molar refractivity (Wildman–Crippen MR) is 159 cm³/mol. The van der Waals surface area contributed by atoms with Crippen molar-refractivity contribution in [3.8, 4) is 5.75 Å². The number of nitrogens with one attached hydrogen (secondary N) is 4. The number of amides is 4. The zero-order valence-electron chi connectivity index (χ0n) is 23.2. The summed E-state index contributed by atoms with van der Waals surface area (Å²) in [5, 5.41) is 11.9. The molecule has 4 amide bonds. The van der Waals surface area contributed by atoms with Gasteiger partial charge in [-0.25, -0.2) is 4.79 Å². The Bertz CT molecular complexity index is 1410. The minimum absolute atomic E-state index is 0.0509. The van der Waals surface area contributed by atoms with E-state index >= 15 is 0 Å². The normalized spacial score (nSPS) is 11.1. The number of benzene rings is 3. The van der Waals surface area contributed by atoms with Gasteiger partial charge in [0.2, 0.25) is 17.7 Å². The van der Waals surface area contributed by atoms with Crippen LogP contribution in [0.15, 0.2) is 71.7 Å². The molecule has 8 N–H and O–H groups in total. The largest absolute Gasteiger partial charge is 0.496 e. The Labute approximate surface area is 243 Å². The van der Waals surface area contributed by atoms with E-state index in [0.29, 0.717) is 17.9 Å². The number of hydrogen-bond donors (Lipinski definition) is 6. The summed E-state index contributed by atoms with van der Waals surface area (Å²) in [6.45, 7) is -0.502. The second-order valence-corrected chi connectivity index (χ2v) is 9.15. The van der Waals surface area contributed by atoms with Gasteiger partial charge < -0.3 is 42.2 Å². The van der Waals surface area contributed by atoms with Gasteiger partial charge in [-0.2, -0.15) is 0 Å². The molecule has 42 heavy (non-hydrogen) atoms. The van der Waals surface area contributed by atoms with Crippen LogP contribution in [0.4, 0.5) is 10.5 Å². The Morgan fingerprint density at radius 1 is 0.905 bits per heavy atom. The van der Waals surface area contributed by atoms with E-state index in [1.807, 2.05) is 42.5 Å². The highest BCUT2D eigenvalue weighted by molar-refractivity contribution is 6.00. The van der Waals surface area contributed by atoms with E-state index in [2.05, 4.69) is 26.3 Å². The molecule has 13 nitrogen and oxygen atoms in total. The van der Waals surface area contributed by atoms with Crippen LogP contribution in [0.5, 0.6) is 5.75 Å². The summed E-state index contributed by atoms with van der Waals surface area (Å²) < 4.78 is 10.5. The zero-order valence-corrected chi connectivity index (χ0v) is 23.2. The van der Waals surface area contributed by atoms with Gasteiger partial charge in [0.05, 0.1) is 13.7 Å². The number of hydrogen-bond acceptors (Lipinski definition) is 7. The maximum absolute atomic E-state index is 13.2.